The van der Waals surface area contributed by atoms with Crippen molar-refractivity contribution in [2.75, 3.05) is 7.11 Å². The zero-order chi connectivity index (χ0) is 15.9. The summed E-state index contributed by atoms with van der Waals surface area (Å²) in [6, 6.07) is 6.51. The van der Waals surface area contributed by atoms with Crippen molar-refractivity contribution in [1.82, 2.24) is 14.5 Å². The van der Waals surface area contributed by atoms with Gasteiger partial charge >= 0.3 is 0 Å². The van der Waals surface area contributed by atoms with E-state index in [-0.39, 0.29) is 10.7 Å². The van der Waals surface area contributed by atoms with Crippen LogP contribution in [0.25, 0.3) is 22.6 Å². The van der Waals surface area contributed by atoms with E-state index in [2.05, 4.69) is 9.97 Å². The van der Waals surface area contributed by atoms with Gasteiger partial charge in [-0.2, -0.15) is 0 Å². The summed E-state index contributed by atoms with van der Waals surface area (Å²) in [5.74, 6) is 1.08. The predicted octanol–water partition coefficient (Wildman–Crippen LogP) is 3.21. The molecule has 1 aromatic carbocycles. The molecule has 3 rings (SSSR count). The number of benzene rings is 1. The maximum absolute atomic E-state index is 11.0. The van der Waals surface area contributed by atoms with Crippen molar-refractivity contribution in [2.24, 2.45) is 7.05 Å². The highest BCUT2D eigenvalue weighted by molar-refractivity contribution is 6.37. The Balaban J connectivity index is 2.31. The van der Waals surface area contributed by atoms with Gasteiger partial charge in [-0.3, -0.25) is 10.1 Å². The van der Waals surface area contributed by atoms with Gasteiger partial charge in [0.15, 0.2) is 5.82 Å². The van der Waals surface area contributed by atoms with Crippen LogP contribution in [0.15, 0.2) is 30.5 Å². The molecule has 7 nitrogen and oxygen atoms in total. The number of hydrogen-bond acceptors (Lipinski definition) is 5. The first kappa shape index (κ1) is 14.3. The van der Waals surface area contributed by atoms with Gasteiger partial charge < -0.3 is 9.30 Å². The zero-order valence-electron chi connectivity index (χ0n) is 11.8. The number of aryl methyl sites for hydroxylation is 1. The van der Waals surface area contributed by atoms with E-state index in [9.17, 15) is 10.1 Å². The minimum atomic E-state index is -0.530. The van der Waals surface area contributed by atoms with E-state index in [0.29, 0.717) is 28.3 Å². The van der Waals surface area contributed by atoms with Crippen LogP contribution < -0.4 is 4.74 Å². The van der Waals surface area contributed by atoms with Crippen molar-refractivity contribution in [3.05, 3.63) is 45.6 Å². The van der Waals surface area contributed by atoms with Crippen molar-refractivity contribution in [3.8, 4) is 17.3 Å². The summed E-state index contributed by atoms with van der Waals surface area (Å²) < 4.78 is 7.06. The first-order valence-electron chi connectivity index (χ1n) is 6.33. The average Bonchev–Trinajstić information content (AvgIpc) is 2.85. The molecule has 0 amide bonds. The fourth-order valence-corrected chi connectivity index (χ4v) is 2.56. The molecule has 0 saturated carbocycles. The molecule has 0 aliphatic carbocycles. The van der Waals surface area contributed by atoms with Gasteiger partial charge in [-0.25, -0.2) is 9.97 Å². The van der Waals surface area contributed by atoms with Crippen LogP contribution in [0.2, 0.25) is 5.02 Å². The molecule has 0 N–H and O–H groups in total. The van der Waals surface area contributed by atoms with Crippen molar-refractivity contribution in [2.45, 2.75) is 0 Å². The van der Waals surface area contributed by atoms with Crippen molar-refractivity contribution < 1.29 is 9.66 Å². The lowest BCUT2D eigenvalue weighted by atomic mass is 10.3. The van der Waals surface area contributed by atoms with Gasteiger partial charge in [0.25, 0.3) is 5.69 Å². The molecule has 0 unspecified atom stereocenters. The van der Waals surface area contributed by atoms with E-state index >= 15 is 0 Å². The van der Waals surface area contributed by atoms with E-state index in [1.54, 1.807) is 43.1 Å². The standard InChI is InChI=1S/C14H11ClN4O3/c1-18-9-6-5-8(19(20)21)11(15)12(9)17-14(18)13-10(22-2)4-3-7-16-13/h3-7H,1-2H3. The molecule has 2 aromatic heterocycles. The van der Waals surface area contributed by atoms with Crippen LogP contribution in [0.4, 0.5) is 5.69 Å². The maximum Gasteiger partial charge on any atom is 0.290 e. The SMILES string of the molecule is COc1cccnc1-c1nc2c(Cl)c([N+](=O)[O-])ccc2n1C. The lowest BCUT2D eigenvalue weighted by molar-refractivity contribution is -0.384. The lowest BCUT2D eigenvalue weighted by Gasteiger charge is -2.06. The number of nitrogens with zero attached hydrogens (tertiary/aromatic N) is 4. The minimum absolute atomic E-state index is 0.0132. The van der Waals surface area contributed by atoms with Crippen LogP contribution >= 0.6 is 11.6 Å². The van der Waals surface area contributed by atoms with Gasteiger partial charge in [-0.15, -0.1) is 0 Å². The normalized spacial score (nSPS) is 10.9. The van der Waals surface area contributed by atoms with Gasteiger partial charge in [0, 0.05) is 19.3 Å². The minimum Gasteiger partial charge on any atom is -0.494 e. The number of halogens is 1. The van der Waals surface area contributed by atoms with Crippen LogP contribution in [0.5, 0.6) is 5.75 Å². The van der Waals surface area contributed by atoms with Crippen LogP contribution in [0, 0.1) is 10.1 Å². The van der Waals surface area contributed by atoms with Gasteiger partial charge in [-0.1, -0.05) is 11.6 Å². The van der Waals surface area contributed by atoms with Gasteiger partial charge in [0.05, 0.1) is 17.5 Å². The number of fused-ring (bicyclic) bond motifs is 1. The second-order valence-corrected chi connectivity index (χ2v) is 4.95. The molecule has 0 saturated heterocycles. The quantitative estimate of drug-likeness (QED) is 0.547. The average molecular weight is 319 g/mol. The van der Waals surface area contributed by atoms with E-state index in [0.717, 1.165) is 0 Å². The van der Waals surface area contributed by atoms with Crippen LogP contribution in [0.1, 0.15) is 0 Å². The summed E-state index contributed by atoms with van der Waals surface area (Å²) in [5.41, 5.74) is 1.41. The second-order valence-electron chi connectivity index (χ2n) is 4.57. The van der Waals surface area contributed by atoms with Crippen LogP contribution in [-0.4, -0.2) is 26.6 Å². The fourth-order valence-electron chi connectivity index (χ4n) is 2.29. The third kappa shape index (κ3) is 2.06. The highest BCUT2D eigenvalue weighted by Gasteiger charge is 2.22. The van der Waals surface area contributed by atoms with Crippen molar-refractivity contribution in [1.29, 1.82) is 0 Å². The highest BCUT2D eigenvalue weighted by Crippen LogP contribution is 2.35. The van der Waals surface area contributed by atoms with Gasteiger partial charge in [0.1, 0.15) is 22.0 Å². The van der Waals surface area contributed by atoms with Crippen molar-refractivity contribution in [3.63, 3.8) is 0 Å². The van der Waals surface area contributed by atoms with E-state index in [1.807, 2.05) is 0 Å². The number of pyridine rings is 1. The summed E-state index contributed by atoms with van der Waals surface area (Å²) in [4.78, 5) is 19.1. The number of hydrogen-bond donors (Lipinski definition) is 0. The zero-order valence-corrected chi connectivity index (χ0v) is 12.5. The lowest BCUT2D eigenvalue weighted by Crippen LogP contribution is -1.97. The molecule has 0 bridgehead atoms. The number of aromatic nitrogens is 3. The van der Waals surface area contributed by atoms with Crippen LogP contribution in [-0.2, 0) is 7.05 Å². The molecule has 0 radical (unpaired) electrons. The largest absolute Gasteiger partial charge is 0.494 e. The Morgan fingerprint density at radius 3 is 2.82 bits per heavy atom. The summed E-state index contributed by atoms with van der Waals surface area (Å²) in [6.45, 7) is 0. The number of ether oxygens (including phenoxy) is 1. The Hall–Kier alpha value is -2.67. The Kier molecular flexibility index (Phi) is 3.42. The molecular weight excluding hydrogens is 308 g/mol. The van der Waals surface area contributed by atoms with Crippen molar-refractivity contribution >= 4 is 28.3 Å². The molecule has 8 heteroatoms. The third-order valence-corrected chi connectivity index (χ3v) is 3.74. The first-order chi connectivity index (χ1) is 10.5. The number of nitro benzene ring substituents is 1. The fraction of sp³-hybridized carbons (Fsp3) is 0.143. The number of imidazole rings is 1. The van der Waals surface area contributed by atoms with E-state index in [1.165, 1.54) is 6.07 Å². The van der Waals surface area contributed by atoms with Crippen LogP contribution in [0.3, 0.4) is 0 Å². The summed E-state index contributed by atoms with van der Waals surface area (Å²) in [6.07, 6.45) is 1.63. The molecular formula is C14H11ClN4O3. The number of rotatable bonds is 3. The third-order valence-electron chi connectivity index (χ3n) is 3.37. The van der Waals surface area contributed by atoms with Gasteiger partial charge in [-0.05, 0) is 18.2 Å². The number of nitro groups is 1. The molecule has 2 heterocycles. The summed E-state index contributed by atoms with van der Waals surface area (Å²) >= 11 is 6.11. The Labute approximate surface area is 130 Å². The van der Waals surface area contributed by atoms with E-state index in [4.69, 9.17) is 16.3 Å². The maximum atomic E-state index is 11.0. The monoisotopic (exact) mass is 318 g/mol. The molecule has 0 aliphatic rings. The Morgan fingerprint density at radius 1 is 1.36 bits per heavy atom. The Bertz CT molecular complexity index is 891. The molecule has 0 aliphatic heterocycles. The number of methoxy groups -OCH3 is 1. The molecule has 0 atom stereocenters. The molecule has 0 spiro atoms. The molecule has 112 valence electrons. The second kappa shape index (κ2) is 5.27. The smallest absolute Gasteiger partial charge is 0.290 e. The van der Waals surface area contributed by atoms with E-state index < -0.39 is 4.92 Å². The molecule has 3 aromatic rings. The summed E-state index contributed by atoms with van der Waals surface area (Å²) in [7, 11) is 3.34. The summed E-state index contributed by atoms with van der Waals surface area (Å²) in [5, 5.41) is 11.0. The Morgan fingerprint density at radius 2 is 2.14 bits per heavy atom. The topological polar surface area (TPSA) is 83.1 Å². The van der Waals surface area contributed by atoms with Gasteiger partial charge in [0.2, 0.25) is 0 Å². The molecule has 0 fully saturated rings. The predicted molar refractivity (Wildman–Crippen MR) is 82.2 cm³/mol. The molecule has 22 heavy (non-hydrogen) atoms. The highest BCUT2D eigenvalue weighted by atomic mass is 35.5. The first-order valence-corrected chi connectivity index (χ1v) is 6.71.